The minimum Gasteiger partial charge on any atom is -0.462 e. The molecule has 0 aliphatic rings. The van der Waals surface area contributed by atoms with E-state index < -0.39 is 32.5 Å². The van der Waals surface area contributed by atoms with Crippen LogP contribution in [-0.2, 0) is 28.2 Å². The van der Waals surface area contributed by atoms with Crippen LogP contribution in [0, 0.1) is 0 Å². The summed E-state index contributed by atoms with van der Waals surface area (Å²) in [5, 5.41) is 0. The summed E-state index contributed by atoms with van der Waals surface area (Å²) in [5.74, 6) is -0.948. The van der Waals surface area contributed by atoms with Crippen LogP contribution in [0.1, 0.15) is 181 Å². The predicted molar refractivity (Wildman–Crippen MR) is 198 cm³/mol. The van der Waals surface area contributed by atoms with E-state index in [4.69, 9.17) is 19.3 Å². The maximum Gasteiger partial charge on any atom is 0.469 e. The molecule has 0 rings (SSSR count). The Morgan fingerprint density at radius 3 is 1.48 bits per heavy atom. The normalized spacial score (nSPS) is 12.8. The average Bonchev–Trinajstić information content (AvgIpc) is 3.05. The van der Waals surface area contributed by atoms with Gasteiger partial charge in [0.25, 0.3) is 0 Å². The van der Waals surface area contributed by atoms with Crippen molar-refractivity contribution in [2.75, 3.05) is 13.2 Å². The van der Waals surface area contributed by atoms with Crippen molar-refractivity contribution in [3.63, 3.8) is 0 Å². The molecule has 0 aromatic heterocycles. The summed E-state index contributed by atoms with van der Waals surface area (Å²) < 4.78 is 26.2. The van der Waals surface area contributed by atoms with Crippen molar-refractivity contribution < 1.29 is 37.9 Å². The van der Waals surface area contributed by atoms with Crippen LogP contribution < -0.4 is 0 Å². The molecule has 0 aliphatic carbocycles. The van der Waals surface area contributed by atoms with Gasteiger partial charge in [-0.3, -0.25) is 14.1 Å². The molecule has 9 heteroatoms. The number of esters is 2. The van der Waals surface area contributed by atoms with Gasteiger partial charge in [0, 0.05) is 12.8 Å². The smallest absolute Gasteiger partial charge is 0.462 e. The van der Waals surface area contributed by atoms with Gasteiger partial charge in [0.15, 0.2) is 6.10 Å². The molecule has 0 saturated carbocycles. The van der Waals surface area contributed by atoms with Crippen molar-refractivity contribution in [2.45, 2.75) is 187 Å². The van der Waals surface area contributed by atoms with Crippen LogP contribution in [0.5, 0.6) is 0 Å². The molecule has 0 bridgehead atoms. The van der Waals surface area contributed by atoms with Crippen LogP contribution in [0.15, 0.2) is 36.5 Å². The molecule has 1 atom stereocenters. The molecule has 48 heavy (non-hydrogen) atoms. The number of allylic oxidation sites excluding steroid dienone is 6. The number of carbonyl (C=O) groups excluding carboxylic acids is 2. The van der Waals surface area contributed by atoms with E-state index in [9.17, 15) is 14.2 Å². The lowest BCUT2D eigenvalue weighted by molar-refractivity contribution is -0.161. The van der Waals surface area contributed by atoms with Gasteiger partial charge in [-0.05, 0) is 64.2 Å². The lowest BCUT2D eigenvalue weighted by Crippen LogP contribution is -2.29. The predicted octanol–water partition coefficient (Wildman–Crippen LogP) is 11.4. The fourth-order valence-corrected chi connectivity index (χ4v) is 5.59. The molecule has 280 valence electrons. The quantitative estimate of drug-likeness (QED) is 0.0290. The summed E-state index contributed by atoms with van der Waals surface area (Å²) in [4.78, 5) is 42.7. The van der Waals surface area contributed by atoms with Crippen molar-refractivity contribution in [1.29, 1.82) is 0 Å². The molecule has 8 nitrogen and oxygen atoms in total. The largest absolute Gasteiger partial charge is 0.469 e. The highest BCUT2D eigenvalue weighted by Gasteiger charge is 2.22. The first-order valence-electron chi connectivity index (χ1n) is 19.3. The number of ether oxygens (including phenoxy) is 2. The first kappa shape index (κ1) is 46.3. The van der Waals surface area contributed by atoms with Gasteiger partial charge in [0.05, 0.1) is 6.61 Å². The second-order valence-corrected chi connectivity index (χ2v) is 14.1. The van der Waals surface area contributed by atoms with Gasteiger partial charge in [-0.25, -0.2) is 4.57 Å². The zero-order valence-electron chi connectivity index (χ0n) is 30.6. The van der Waals surface area contributed by atoms with E-state index in [-0.39, 0.29) is 19.4 Å². The van der Waals surface area contributed by atoms with Crippen molar-refractivity contribution in [3.8, 4) is 0 Å². The minimum atomic E-state index is -4.76. The molecular formula is C39H71O8P. The molecule has 2 N–H and O–H groups in total. The minimum absolute atomic E-state index is 0.147. The Morgan fingerprint density at radius 2 is 0.958 bits per heavy atom. The summed E-state index contributed by atoms with van der Waals surface area (Å²) in [6.45, 7) is 3.62. The maximum atomic E-state index is 12.3. The van der Waals surface area contributed by atoms with Crippen molar-refractivity contribution in [1.82, 2.24) is 0 Å². The van der Waals surface area contributed by atoms with Crippen LogP contribution in [0.3, 0.4) is 0 Å². The van der Waals surface area contributed by atoms with Crippen LogP contribution >= 0.6 is 7.82 Å². The van der Waals surface area contributed by atoms with Gasteiger partial charge in [-0.2, -0.15) is 0 Å². The van der Waals surface area contributed by atoms with Gasteiger partial charge in [0.1, 0.15) is 6.61 Å². The Balaban J connectivity index is 4.04. The maximum absolute atomic E-state index is 12.3. The molecule has 0 unspecified atom stereocenters. The Kier molecular flexibility index (Phi) is 33.8. The van der Waals surface area contributed by atoms with E-state index in [0.29, 0.717) is 12.8 Å². The van der Waals surface area contributed by atoms with E-state index in [1.54, 1.807) is 0 Å². The summed E-state index contributed by atoms with van der Waals surface area (Å²) in [6.07, 6.45) is 40.2. The van der Waals surface area contributed by atoms with Crippen LogP contribution in [0.4, 0.5) is 0 Å². The van der Waals surface area contributed by atoms with Crippen LogP contribution in [0.25, 0.3) is 0 Å². The molecule has 0 radical (unpaired) electrons. The van der Waals surface area contributed by atoms with E-state index >= 15 is 0 Å². The standard InChI is InChI=1S/C39H71O8P/c1-3-5-7-9-11-13-15-17-18-19-20-22-24-26-28-30-32-34-39(41)47-37(36-46-48(42,43)44)35-45-38(40)33-31-29-27-25-23-21-16-14-12-10-8-6-4-2/h14,16,20,22,26,28,37H,3-13,15,17-19,21,23-25,27,29-36H2,1-2H3,(H2,42,43,44)/b16-14+,22-20+,28-26+/t37-/m1/s1. The lowest BCUT2D eigenvalue weighted by Gasteiger charge is -2.18. The molecule has 0 saturated heterocycles. The SMILES string of the molecule is CCCCCC/C=C/CCCCCCCC(=O)OC[C@H](COP(=O)(O)O)OC(=O)CCC/C=C/C/C=C/CCCCCCCCCCC. The number of hydrogen-bond donors (Lipinski definition) is 2. The number of rotatable bonds is 35. The van der Waals surface area contributed by atoms with Gasteiger partial charge in [-0.15, -0.1) is 0 Å². The number of hydrogen-bond acceptors (Lipinski definition) is 6. The Bertz CT molecular complexity index is 879. The highest BCUT2D eigenvalue weighted by Crippen LogP contribution is 2.36. The number of carbonyl (C=O) groups is 2. The molecule has 0 aliphatic heterocycles. The fourth-order valence-electron chi connectivity index (χ4n) is 5.23. The van der Waals surface area contributed by atoms with Crippen molar-refractivity contribution >= 4 is 19.8 Å². The van der Waals surface area contributed by atoms with Gasteiger partial charge in [-0.1, -0.05) is 140 Å². The summed E-state index contributed by atoms with van der Waals surface area (Å²) >= 11 is 0. The first-order chi connectivity index (χ1) is 23.3. The molecule has 0 aromatic carbocycles. The van der Waals surface area contributed by atoms with Crippen molar-refractivity contribution in [2.24, 2.45) is 0 Å². The van der Waals surface area contributed by atoms with Crippen LogP contribution in [-0.4, -0.2) is 41.0 Å². The second-order valence-electron chi connectivity index (χ2n) is 12.9. The van der Waals surface area contributed by atoms with Crippen molar-refractivity contribution in [3.05, 3.63) is 36.5 Å². The third-order valence-electron chi connectivity index (χ3n) is 8.13. The third kappa shape index (κ3) is 37.1. The molecule has 0 fully saturated rings. The molecule has 0 aromatic rings. The van der Waals surface area contributed by atoms with E-state index in [1.165, 1.54) is 89.9 Å². The molecular weight excluding hydrogens is 627 g/mol. The van der Waals surface area contributed by atoms with Gasteiger partial charge < -0.3 is 19.3 Å². The summed E-state index contributed by atoms with van der Waals surface area (Å²) in [6, 6.07) is 0. The highest BCUT2D eigenvalue weighted by molar-refractivity contribution is 7.46. The first-order valence-corrected chi connectivity index (χ1v) is 20.8. The Hall–Kier alpha value is -1.73. The summed E-state index contributed by atoms with van der Waals surface area (Å²) in [5.41, 5.74) is 0. The van der Waals surface area contributed by atoms with Crippen LogP contribution in [0.2, 0.25) is 0 Å². The summed E-state index contributed by atoms with van der Waals surface area (Å²) in [7, 11) is -4.76. The number of phosphoric ester groups is 1. The monoisotopic (exact) mass is 698 g/mol. The average molecular weight is 699 g/mol. The molecule has 0 heterocycles. The van der Waals surface area contributed by atoms with E-state index in [0.717, 1.165) is 51.4 Å². The molecule has 0 spiro atoms. The van der Waals surface area contributed by atoms with Gasteiger partial charge in [0.2, 0.25) is 0 Å². The Morgan fingerprint density at radius 1 is 0.542 bits per heavy atom. The van der Waals surface area contributed by atoms with E-state index in [1.807, 2.05) is 6.08 Å². The zero-order valence-corrected chi connectivity index (χ0v) is 31.5. The second kappa shape index (κ2) is 35.1. The number of phosphoric acid groups is 1. The fraction of sp³-hybridized carbons (Fsp3) is 0.795. The third-order valence-corrected chi connectivity index (χ3v) is 8.62. The number of unbranched alkanes of at least 4 members (excludes halogenated alkanes) is 19. The topological polar surface area (TPSA) is 119 Å². The van der Waals surface area contributed by atoms with E-state index in [2.05, 4.69) is 48.8 Å². The van der Waals surface area contributed by atoms with Gasteiger partial charge >= 0.3 is 19.8 Å². The highest BCUT2D eigenvalue weighted by atomic mass is 31.2. The molecule has 0 amide bonds. The zero-order chi connectivity index (χ0) is 35.4. The lowest BCUT2D eigenvalue weighted by atomic mass is 10.1. The Labute approximate surface area is 293 Å².